The minimum Gasteiger partial charge on any atom is -0.383 e. The highest BCUT2D eigenvalue weighted by Crippen LogP contribution is 2.22. The van der Waals surface area contributed by atoms with E-state index in [-0.39, 0.29) is 29.8 Å². The van der Waals surface area contributed by atoms with E-state index in [2.05, 4.69) is 4.98 Å². The Bertz CT molecular complexity index is 489. The number of carbonyl (C=O) groups excluding carboxylic acids is 1. The quantitative estimate of drug-likeness (QED) is 0.571. The predicted octanol–water partition coefficient (Wildman–Crippen LogP) is 0.520. The van der Waals surface area contributed by atoms with Gasteiger partial charge in [0.1, 0.15) is 11.6 Å². The monoisotopic (exact) mass is 267 g/mol. The highest BCUT2D eigenvalue weighted by atomic mass is 16.6. The lowest BCUT2D eigenvalue weighted by molar-refractivity contribution is -0.384. The van der Waals surface area contributed by atoms with Crippen LogP contribution in [0.3, 0.4) is 0 Å². The number of amides is 1. The Morgan fingerprint density at radius 2 is 2.16 bits per heavy atom. The molecule has 0 bridgehead atoms. The van der Waals surface area contributed by atoms with E-state index in [1.807, 2.05) is 13.8 Å². The van der Waals surface area contributed by atoms with Gasteiger partial charge in [0.05, 0.1) is 23.6 Å². The first kappa shape index (κ1) is 14.7. The molecule has 8 heteroatoms. The van der Waals surface area contributed by atoms with Gasteiger partial charge in [-0.3, -0.25) is 14.9 Å². The molecule has 0 saturated heterocycles. The second kappa shape index (κ2) is 5.98. The van der Waals surface area contributed by atoms with E-state index in [9.17, 15) is 14.9 Å². The molecule has 8 nitrogen and oxygen atoms in total. The average Bonchev–Trinajstić information content (AvgIpc) is 2.25. The van der Waals surface area contributed by atoms with Crippen LogP contribution in [0.5, 0.6) is 0 Å². The Balaban J connectivity index is 3.13. The molecular weight excluding hydrogens is 250 g/mol. The van der Waals surface area contributed by atoms with Crippen LogP contribution in [-0.4, -0.2) is 28.9 Å². The average molecular weight is 267 g/mol. The zero-order valence-electron chi connectivity index (χ0n) is 10.9. The molecule has 1 heterocycles. The number of nitrogen functional groups attached to an aromatic ring is 1. The van der Waals surface area contributed by atoms with Gasteiger partial charge in [-0.05, 0) is 5.92 Å². The summed E-state index contributed by atoms with van der Waals surface area (Å²) in [6.07, 6.45) is 0. The van der Waals surface area contributed by atoms with Gasteiger partial charge in [-0.1, -0.05) is 13.8 Å². The Morgan fingerprint density at radius 1 is 1.53 bits per heavy atom. The van der Waals surface area contributed by atoms with Gasteiger partial charge in [-0.15, -0.1) is 0 Å². The largest absolute Gasteiger partial charge is 0.383 e. The van der Waals surface area contributed by atoms with Crippen molar-refractivity contribution in [1.29, 1.82) is 0 Å². The van der Waals surface area contributed by atoms with Crippen LogP contribution in [0.25, 0.3) is 0 Å². The molecule has 0 aromatic carbocycles. The summed E-state index contributed by atoms with van der Waals surface area (Å²) in [5.74, 6) is 0.00999. The van der Waals surface area contributed by atoms with Gasteiger partial charge in [0.2, 0.25) is 5.91 Å². The number of hydrogen-bond donors (Lipinski definition) is 2. The van der Waals surface area contributed by atoms with Crippen molar-refractivity contribution in [2.24, 2.45) is 11.7 Å². The van der Waals surface area contributed by atoms with Crippen LogP contribution in [-0.2, 0) is 4.79 Å². The second-order valence-corrected chi connectivity index (χ2v) is 4.61. The Kier molecular flexibility index (Phi) is 4.62. The zero-order valence-corrected chi connectivity index (χ0v) is 10.9. The van der Waals surface area contributed by atoms with Crippen LogP contribution in [0.2, 0.25) is 0 Å². The van der Waals surface area contributed by atoms with E-state index in [1.165, 1.54) is 12.1 Å². The van der Waals surface area contributed by atoms with E-state index in [0.29, 0.717) is 6.54 Å². The molecular formula is C11H17N5O3. The molecule has 0 aliphatic carbocycles. The third-order valence-corrected chi connectivity index (χ3v) is 2.28. The van der Waals surface area contributed by atoms with Crippen LogP contribution in [0, 0.1) is 16.0 Å². The summed E-state index contributed by atoms with van der Waals surface area (Å²) in [5, 5.41) is 10.8. The number of rotatable bonds is 6. The van der Waals surface area contributed by atoms with Gasteiger partial charge in [-0.25, -0.2) is 4.98 Å². The van der Waals surface area contributed by atoms with Crippen LogP contribution < -0.4 is 16.4 Å². The SMILES string of the molecule is CC(C)CN(CC(N)=O)c1cc([N+](=O)[O-])cc(N)n1. The summed E-state index contributed by atoms with van der Waals surface area (Å²) in [6.45, 7) is 4.34. The highest BCUT2D eigenvalue weighted by molar-refractivity contribution is 5.79. The first-order chi connectivity index (χ1) is 8.79. The number of aromatic nitrogens is 1. The number of hydrogen-bond acceptors (Lipinski definition) is 6. The minimum absolute atomic E-state index is 0.0300. The van der Waals surface area contributed by atoms with Crippen molar-refractivity contribution in [1.82, 2.24) is 4.98 Å². The van der Waals surface area contributed by atoms with Gasteiger partial charge >= 0.3 is 0 Å². The lowest BCUT2D eigenvalue weighted by Gasteiger charge is -2.24. The number of pyridine rings is 1. The van der Waals surface area contributed by atoms with E-state index in [0.717, 1.165) is 0 Å². The molecule has 1 rings (SSSR count). The number of nitrogens with two attached hydrogens (primary N) is 2. The van der Waals surface area contributed by atoms with Crippen molar-refractivity contribution in [3.8, 4) is 0 Å². The maximum Gasteiger partial charge on any atom is 0.276 e. The first-order valence-electron chi connectivity index (χ1n) is 5.74. The molecule has 0 atom stereocenters. The summed E-state index contributed by atoms with van der Waals surface area (Å²) in [4.78, 5) is 26.9. The van der Waals surface area contributed by atoms with E-state index in [4.69, 9.17) is 11.5 Å². The normalized spacial score (nSPS) is 10.5. The molecule has 0 fully saturated rings. The number of carbonyl (C=O) groups is 1. The van der Waals surface area contributed by atoms with Crippen molar-refractivity contribution in [2.45, 2.75) is 13.8 Å². The number of anilines is 2. The highest BCUT2D eigenvalue weighted by Gasteiger charge is 2.17. The molecule has 1 aromatic rings. The van der Waals surface area contributed by atoms with Gasteiger partial charge in [0, 0.05) is 6.54 Å². The van der Waals surface area contributed by atoms with Crippen LogP contribution in [0.1, 0.15) is 13.8 Å². The summed E-state index contributed by atoms with van der Waals surface area (Å²) in [5.41, 5.74) is 10.5. The van der Waals surface area contributed by atoms with Crippen LogP contribution in [0.4, 0.5) is 17.3 Å². The molecule has 1 aromatic heterocycles. The fourth-order valence-corrected chi connectivity index (χ4v) is 1.66. The Morgan fingerprint density at radius 3 is 2.63 bits per heavy atom. The molecule has 0 unspecified atom stereocenters. The lowest BCUT2D eigenvalue weighted by atomic mass is 10.2. The smallest absolute Gasteiger partial charge is 0.276 e. The molecule has 0 spiro atoms. The lowest BCUT2D eigenvalue weighted by Crippen LogP contribution is -2.36. The standard InChI is InChI=1S/C11H17N5O3/c1-7(2)5-15(6-10(13)17)11-4-8(16(18)19)3-9(12)14-11/h3-4,7H,5-6H2,1-2H3,(H2,12,14)(H2,13,17). The third-order valence-electron chi connectivity index (χ3n) is 2.28. The molecule has 104 valence electrons. The number of primary amides is 1. The van der Waals surface area contributed by atoms with Crippen molar-refractivity contribution in [3.05, 3.63) is 22.2 Å². The van der Waals surface area contributed by atoms with Crippen molar-refractivity contribution < 1.29 is 9.72 Å². The third kappa shape index (κ3) is 4.41. The molecule has 0 saturated carbocycles. The Hall–Kier alpha value is -2.38. The zero-order chi connectivity index (χ0) is 14.6. The summed E-state index contributed by atoms with van der Waals surface area (Å²) in [7, 11) is 0. The molecule has 0 radical (unpaired) electrons. The molecule has 0 aliphatic heterocycles. The first-order valence-corrected chi connectivity index (χ1v) is 5.74. The molecule has 19 heavy (non-hydrogen) atoms. The van der Waals surface area contributed by atoms with Gasteiger partial charge < -0.3 is 16.4 Å². The second-order valence-electron chi connectivity index (χ2n) is 4.61. The van der Waals surface area contributed by atoms with Crippen molar-refractivity contribution >= 4 is 23.2 Å². The number of nitrogens with zero attached hydrogens (tertiary/aromatic N) is 3. The van der Waals surface area contributed by atoms with Gasteiger partial charge in [0.25, 0.3) is 5.69 Å². The van der Waals surface area contributed by atoms with Gasteiger partial charge in [0.15, 0.2) is 0 Å². The summed E-state index contributed by atoms with van der Waals surface area (Å²) >= 11 is 0. The minimum atomic E-state index is -0.556. The van der Waals surface area contributed by atoms with E-state index >= 15 is 0 Å². The fourth-order valence-electron chi connectivity index (χ4n) is 1.66. The topological polar surface area (TPSA) is 128 Å². The van der Waals surface area contributed by atoms with E-state index in [1.54, 1.807) is 4.90 Å². The van der Waals surface area contributed by atoms with E-state index < -0.39 is 10.8 Å². The van der Waals surface area contributed by atoms with Gasteiger partial charge in [-0.2, -0.15) is 0 Å². The van der Waals surface area contributed by atoms with Crippen LogP contribution >= 0.6 is 0 Å². The molecule has 1 amide bonds. The maximum absolute atomic E-state index is 11.1. The maximum atomic E-state index is 11.1. The molecule has 4 N–H and O–H groups in total. The fraction of sp³-hybridized carbons (Fsp3) is 0.455. The summed E-state index contributed by atoms with van der Waals surface area (Å²) in [6, 6.07) is 2.45. The Labute approximate surface area is 110 Å². The van der Waals surface area contributed by atoms with Crippen LogP contribution in [0.15, 0.2) is 12.1 Å². The van der Waals surface area contributed by atoms with Crippen molar-refractivity contribution in [3.63, 3.8) is 0 Å². The van der Waals surface area contributed by atoms with Crippen molar-refractivity contribution in [2.75, 3.05) is 23.7 Å². The predicted molar refractivity (Wildman–Crippen MR) is 71.5 cm³/mol. The number of nitro groups is 1. The molecule has 0 aliphatic rings. The summed E-state index contributed by atoms with van der Waals surface area (Å²) < 4.78 is 0.